The Balaban J connectivity index is 1.47. The second kappa shape index (κ2) is 9.11. The maximum atomic E-state index is 13.8. The lowest BCUT2D eigenvalue weighted by molar-refractivity contribution is 0.449. The van der Waals surface area contributed by atoms with Gasteiger partial charge in [-0.05, 0) is 30.2 Å². The summed E-state index contributed by atoms with van der Waals surface area (Å²) >= 11 is 6.00. The first-order chi connectivity index (χ1) is 15.4. The van der Waals surface area contributed by atoms with Crippen molar-refractivity contribution in [2.45, 2.75) is 52.2 Å². The van der Waals surface area contributed by atoms with Crippen LogP contribution in [0.25, 0.3) is 0 Å². The van der Waals surface area contributed by atoms with Crippen molar-refractivity contribution in [3.8, 4) is 0 Å². The van der Waals surface area contributed by atoms with E-state index in [2.05, 4.69) is 20.4 Å². The number of tetrazole rings is 1. The summed E-state index contributed by atoms with van der Waals surface area (Å²) in [4.78, 5) is 31.1. The molecule has 9 nitrogen and oxygen atoms in total. The lowest BCUT2D eigenvalue weighted by atomic mass is 10.1. The van der Waals surface area contributed by atoms with Crippen LogP contribution in [0, 0.1) is 11.6 Å². The molecule has 1 aliphatic heterocycles. The molecule has 0 atom stereocenters. The van der Waals surface area contributed by atoms with E-state index in [1.165, 1.54) is 32.1 Å². The molecule has 1 aliphatic rings. The summed E-state index contributed by atoms with van der Waals surface area (Å²) in [7, 11) is 0. The second-order valence-electron chi connectivity index (χ2n) is 7.39. The van der Waals surface area contributed by atoms with Crippen LogP contribution in [0.1, 0.15) is 36.7 Å². The van der Waals surface area contributed by atoms with E-state index < -0.39 is 22.9 Å². The lowest BCUT2D eigenvalue weighted by Crippen LogP contribution is -2.41. The van der Waals surface area contributed by atoms with E-state index >= 15 is 0 Å². The molecule has 0 N–H and O–H groups in total. The minimum absolute atomic E-state index is 0.130. The van der Waals surface area contributed by atoms with Gasteiger partial charge >= 0.3 is 5.69 Å². The monoisotopic (exact) mass is 463 g/mol. The van der Waals surface area contributed by atoms with Gasteiger partial charge < -0.3 is 0 Å². The maximum Gasteiger partial charge on any atom is 0.332 e. The molecule has 0 amide bonds. The number of aromatic nitrogens is 6. The van der Waals surface area contributed by atoms with Crippen molar-refractivity contribution in [3.05, 3.63) is 67.6 Å². The fourth-order valence-corrected chi connectivity index (χ4v) is 3.83. The van der Waals surface area contributed by atoms with Crippen LogP contribution >= 0.6 is 11.6 Å². The van der Waals surface area contributed by atoms with Crippen molar-refractivity contribution in [2.24, 2.45) is 4.99 Å². The van der Waals surface area contributed by atoms with Gasteiger partial charge in [-0.3, -0.25) is 13.9 Å². The van der Waals surface area contributed by atoms with Crippen molar-refractivity contribution in [1.82, 2.24) is 29.3 Å². The molecule has 3 heterocycles. The first-order valence-electron chi connectivity index (χ1n) is 10.2. The SMILES string of the molecule is CCCn1c2c(c(=O)n(CCCn3nnc(Cc4c(F)cccc4F)n3)c1=O)CC(Cl)=N2. The van der Waals surface area contributed by atoms with Crippen LogP contribution < -0.4 is 11.2 Å². The van der Waals surface area contributed by atoms with Gasteiger partial charge in [0.25, 0.3) is 5.56 Å². The predicted octanol–water partition coefficient (Wildman–Crippen LogP) is 2.19. The van der Waals surface area contributed by atoms with Crippen LogP contribution in [0.2, 0.25) is 0 Å². The quantitative estimate of drug-likeness (QED) is 0.510. The zero-order valence-electron chi connectivity index (χ0n) is 17.3. The van der Waals surface area contributed by atoms with Crippen LogP contribution in [0.15, 0.2) is 32.8 Å². The Morgan fingerprint density at radius 1 is 1.09 bits per heavy atom. The molecule has 0 spiro atoms. The molecule has 1 aromatic carbocycles. The van der Waals surface area contributed by atoms with Gasteiger partial charge in [-0.2, -0.15) is 4.80 Å². The number of fused-ring (bicyclic) bond motifs is 1. The maximum absolute atomic E-state index is 13.8. The standard InChI is InChI=1S/C20H20ClF2N7O2/c1-2-7-28-18-13(10-16(21)24-18)19(31)29(20(28)32)8-4-9-30-26-17(25-27-30)11-12-14(22)5-3-6-15(12)23/h3,5-6H,2,4,7-11H2,1H3. The van der Waals surface area contributed by atoms with Gasteiger partial charge in [0.15, 0.2) is 5.82 Å². The number of benzene rings is 1. The third-order valence-corrected chi connectivity index (χ3v) is 5.34. The first kappa shape index (κ1) is 22.0. The van der Waals surface area contributed by atoms with Crippen LogP contribution in [0.4, 0.5) is 14.6 Å². The third kappa shape index (κ3) is 4.24. The molecule has 0 radical (unpaired) electrons. The number of rotatable bonds is 8. The zero-order chi connectivity index (χ0) is 22.8. The molecule has 0 saturated heterocycles. The van der Waals surface area contributed by atoms with Gasteiger partial charge in [-0.1, -0.05) is 24.6 Å². The van der Waals surface area contributed by atoms with Crippen molar-refractivity contribution >= 4 is 22.6 Å². The minimum atomic E-state index is -0.676. The highest BCUT2D eigenvalue weighted by molar-refractivity contribution is 6.66. The number of hydrogen-bond acceptors (Lipinski definition) is 6. The summed E-state index contributed by atoms with van der Waals surface area (Å²) in [5.41, 5.74) is -0.558. The van der Waals surface area contributed by atoms with E-state index in [1.807, 2.05) is 6.92 Å². The Labute approximate surface area is 186 Å². The molecule has 168 valence electrons. The molecule has 0 bridgehead atoms. The Morgan fingerprint density at radius 2 is 1.84 bits per heavy atom. The summed E-state index contributed by atoms with van der Waals surface area (Å²) in [6.07, 6.45) is 1.15. The molecule has 32 heavy (non-hydrogen) atoms. The van der Waals surface area contributed by atoms with E-state index in [1.54, 1.807) is 0 Å². The fraction of sp³-hybridized carbons (Fsp3) is 0.400. The predicted molar refractivity (Wildman–Crippen MR) is 114 cm³/mol. The minimum Gasteiger partial charge on any atom is -0.278 e. The van der Waals surface area contributed by atoms with Crippen LogP contribution in [0.3, 0.4) is 0 Å². The Morgan fingerprint density at radius 3 is 2.56 bits per heavy atom. The largest absolute Gasteiger partial charge is 0.332 e. The highest BCUT2D eigenvalue weighted by Gasteiger charge is 2.24. The molecule has 0 saturated carbocycles. The van der Waals surface area contributed by atoms with Crippen LogP contribution in [-0.4, -0.2) is 34.5 Å². The number of hydrogen-bond donors (Lipinski definition) is 0. The van der Waals surface area contributed by atoms with Gasteiger partial charge in [-0.15, -0.1) is 10.2 Å². The van der Waals surface area contributed by atoms with Crippen LogP contribution in [-0.2, 0) is 32.5 Å². The van der Waals surface area contributed by atoms with E-state index in [0.717, 1.165) is 0 Å². The summed E-state index contributed by atoms with van der Waals surface area (Å²) in [6, 6.07) is 3.62. The highest BCUT2D eigenvalue weighted by atomic mass is 35.5. The zero-order valence-corrected chi connectivity index (χ0v) is 18.0. The van der Waals surface area contributed by atoms with Crippen molar-refractivity contribution in [2.75, 3.05) is 0 Å². The third-order valence-electron chi connectivity index (χ3n) is 5.12. The van der Waals surface area contributed by atoms with Crippen molar-refractivity contribution in [3.63, 3.8) is 0 Å². The summed E-state index contributed by atoms with van der Waals surface area (Å²) in [6.45, 7) is 2.76. The molecular formula is C20H20ClF2N7O2. The van der Waals surface area contributed by atoms with E-state index in [4.69, 9.17) is 11.6 Å². The molecule has 0 fully saturated rings. The molecule has 12 heteroatoms. The van der Waals surface area contributed by atoms with Gasteiger partial charge in [0, 0.05) is 31.5 Å². The van der Waals surface area contributed by atoms with E-state index in [-0.39, 0.29) is 42.5 Å². The Kier molecular flexibility index (Phi) is 6.26. The van der Waals surface area contributed by atoms with Gasteiger partial charge in [0.1, 0.15) is 22.6 Å². The first-order valence-corrected chi connectivity index (χ1v) is 10.6. The fourth-order valence-electron chi connectivity index (χ4n) is 3.62. The van der Waals surface area contributed by atoms with Crippen molar-refractivity contribution in [1.29, 1.82) is 0 Å². The number of halogens is 3. The van der Waals surface area contributed by atoms with E-state index in [0.29, 0.717) is 30.8 Å². The van der Waals surface area contributed by atoms with Crippen molar-refractivity contribution < 1.29 is 8.78 Å². The molecular weight excluding hydrogens is 444 g/mol. The molecule has 2 aromatic heterocycles. The summed E-state index contributed by atoms with van der Waals surface area (Å²) < 4.78 is 30.3. The van der Waals surface area contributed by atoms with Gasteiger partial charge in [0.2, 0.25) is 0 Å². The average molecular weight is 464 g/mol. The lowest BCUT2D eigenvalue weighted by Gasteiger charge is -2.13. The highest BCUT2D eigenvalue weighted by Crippen LogP contribution is 2.24. The topological polar surface area (TPSA) is 100.0 Å². The Bertz CT molecular complexity index is 1290. The smallest absolute Gasteiger partial charge is 0.278 e. The normalized spacial score (nSPS) is 12.8. The number of aryl methyl sites for hydroxylation is 1. The molecule has 0 aliphatic carbocycles. The summed E-state index contributed by atoms with van der Waals surface area (Å²) in [5, 5.41) is 12.1. The summed E-state index contributed by atoms with van der Waals surface area (Å²) in [5.74, 6) is -0.846. The van der Waals surface area contributed by atoms with E-state index in [9.17, 15) is 18.4 Å². The van der Waals surface area contributed by atoms with Gasteiger partial charge in [-0.25, -0.2) is 18.6 Å². The second-order valence-corrected chi connectivity index (χ2v) is 7.83. The average Bonchev–Trinajstić information content (AvgIpc) is 3.37. The number of aliphatic imine (C=N–C) groups is 1. The molecule has 4 rings (SSSR count). The molecule has 3 aromatic rings. The number of nitrogens with zero attached hydrogens (tertiary/aromatic N) is 7. The Hall–Kier alpha value is -3.21. The molecule has 0 unspecified atom stereocenters. The van der Waals surface area contributed by atoms with Crippen LogP contribution in [0.5, 0.6) is 0 Å². The van der Waals surface area contributed by atoms with Gasteiger partial charge in [0.05, 0.1) is 12.1 Å².